The largest absolute Gasteiger partial charge is 0.478 e. The van der Waals surface area contributed by atoms with E-state index in [0.717, 1.165) is 25.7 Å². The molecule has 0 aliphatic heterocycles. The van der Waals surface area contributed by atoms with Gasteiger partial charge in [0.2, 0.25) is 0 Å². The van der Waals surface area contributed by atoms with Crippen molar-refractivity contribution < 1.29 is 14.7 Å². The number of nitrogens with zero attached hydrogens (tertiary/aromatic N) is 1. The molecule has 0 atom stereocenters. The van der Waals surface area contributed by atoms with E-state index in [9.17, 15) is 9.59 Å². The van der Waals surface area contributed by atoms with E-state index in [2.05, 4.69) is 17.2 Å². The highest BCUT2D eigenvalue weighted by Crippen LogP contribution is 2.34. The van der Waals surface area contributed by atoms with Crippen LogP contribution in [0, 0.1) is 6.92 Å². The van der Waals surface area contributed by atoms with Crippen molar-refractivity contribution >= 4 is 11.9 Å². The van der Waals surface area contributed by atoms with Gasteiger partial charge in [0, 0.05) is 5.54 Å². The first kappa shape index (κ1) is 13.5. The minimum absolute atomic E-state index is 0.0852. The van der Waals surface area contributed by atoms with Gasteiger partial charge >= 0.3 is 5.97 Å². The third-order valence-electron chi connectivity index (χ3n) is 3.91. The van der Waals surface area contributed by atoms with Crippen LogP contribution in [-0.2, 0) is 0 Å². The number of aromatic nitrogens is 1. The Bertz CT molecular complexity index is 516. The fourth-order valence-electron chi connectivity index (χ4n) is 2.39. The predicted molar refractivity (Wildman–Crippen MR) is 70.3 cm³/mol. The van der Waals surface area contributed by atoms with E-state index in [1.54, 1.807) is 6.92 Å². The van der Waals surface area contributed by atoms with Gasteiger partial charge in [-0.05, 0) is 44.7 Å². The van der Waals surface area contributed by atoms with Crippen molar-refractivity contribution in [1.29, 1.82) is 0 Å². The zero-order valence-corrected chi connectivity index (χ0v) is 11.2. The van der Waals surface area contributed by atoms with Gasteiger partial charge < -0.3 is 10.4 Å². The average molecular weight is 262 g/mol. The molecule has 1 heterocycles. The van der Waals surface area contributed by atoms with Gasteiger partial charge in [0.05, 0.1) is 11.3 Å². The van der Waals surface area contributed by atoms with Crippen LogP contribution in [0.1, 0.15) is 59.1 Å². The number of rotatable bonds is 4. The maximum atomic E-state index is 12.1. The molecule has 0 saturated heterocycles. The molecule has 2 N–H and O–H groups in total. The third kappa shape index (κ3) is 2.59. The van der Waals surface area contributed by atoms with Gasteiger partial charge in [0.1, 0.15) is 5.69 Å². The normalized spacial score (nSPS) is 16.5. The van der Waals surface area contributed by atoms with Gasteiger partial charge in [-0.1, -0.05) is 6.92 Å². The standard InChI is InChI=1S/C14H18N2O3/c1-3-14(7-4-8-14)16-12(17)11-6-5-10(13(18)19)9(2)15-11/h5-6H,3-4,7-8H2,1-2H3,(H,16,17)(H,18,19). The van der Waals surface area contributed by atoms with Gasteiger partial charge in [-0.25, -0.2) is 9.78 Å². The molecule has 1 saturated carbocycles. The van der Waals surface area contributed by atoms with Gasteiger partial charge in [0.25, 0.3) is 5.91 Å². The van der Waals surface area contributed by atoms with Crippen LogP contribution in [-0.4, -0.2) is 27.5 Å². The molecule has 5 heteroatoms. The highest BCUT2D eigenvalue weighted by molar-refractivity contribution is 5.94. The SMILES string of the molecule is CCC1(NC(=O)c2ccc(C(=O)O)c(C)n2)CCC1. The van der Waals surface area contributed by atoms with Crippen molar-refractivity contribution in [2.75, 3.05) is 0 Å². The van der Waals surface area contributed by atoms with Crippen molar-refractivity contribution in [2.45, 2.75) is 45.1 Å². The molecule has 19 heavy (non-hydrogen) atoms. The lowest BCUT2D eigenvalue weighted by atomic mass is 9.75. The number of amides is 1. The molecule has 2 rings (SSSR count). The maximum absolute atomic E-state index is 12.1. The summed E-state index contributed by atoms with van der Waals surface area (Å²) in [5.74, 6) is -1.25. The number of carboxylic acid groups (broad SMARTS) is 1. The van der Waals surface area contributed by atoms with Gasteiger partial charge in [0.15, 0.2) is 0 Å². The Morgan fingerprint density at radius 2 is 2.11 bits per heavy atom. The molecule has 1 fully saturated rings. The summed E-state index contributed by atoms with van der Waals surface area (Å²) >= 11 is 0. The van der Waals surface area contributed by atoms with E-state index in [1.165, 1.54) is 12.1 Å². The first-order valence-corrected chi connectivity index (χ1v) is 6.51. The molecule has 5 nitrogen and oxygen atoms in total. The number of carbonyl (C=O) groups is 2. The second kappa shape index (κ2) is 4.99. The van der Waals surface area contributed by atoms with E-state index in [4.69, 9.17) is 5.11 Å². The molecule has 1 amide bonds. The Balaban J connectivity index is 2.16. The third-order valence-corrected chi connectivity index (χ3v) is 3.91. The molecule has 1 aromatic heterocycles. The lowest BCUT2D eigenvalue weighted by Gasteiger charge is -2.41. The van der Waals surface area contributed by atoms with Crippen molar-refractivity contribution in [3.63, 3.8) is 0 Å². The number of aromatic carboxylic acids is 1. The number of nitrogens with one attached hydrogen (secondary N) is 1. The zero-order chi connectivity index (χ0) is 14.0. The molecule has 0 aromatic carbocycles. The van der Waals surface area contributed by atoms with E-state index in [1.807, 2.05) is 0 Å². The molecular weight excluding hydrogens is 244 g/mol. The highest BCUT2D eigenvalue weighted by Gasteiger charge is 2.36. The molecule has 1 aliphatic carbocycles. The Morgan fingerprint density at radius 3 is 2.53 bits per heavy atom. The lowest BCUT2D eigenvalue weighted by molar-refractivity contribution is 0.0693. The smallest absolute Gasteiger partial charge is 0.337 e. The fourth-order valence-corrected chi connectivity index (χ4v) is 2.39. The highest BCUT2D eigenvalue weighted by atomic mass is 16.4. The van der Waals surface area contributed by atoms with Gasteiger partial charge in [-0.15, -0.1) is 0 Å². The Kier molecular flexibility index (Phi) is 3.55. The Morgan fingerprint density at radius 1 is 1.42 bits per heavy atom. The van der Waals surface area contributed by atoms with Crippen molar-refractivity contribution in [2.24, 2.45) is 0 Å². The zero-order valence-electron chi connectivity index (χ0n) is 11.2. The van der Waals surface area contributed by atoms with Crippen LogP contribution in [0.2, 0.25) is 0 Å². The van der Waals surface area contributed by atoms with Gasteiger partial charge in [-0.3, -0.25) is 4.79 Å². The molecular formula is C14H18N2O3. The van der Waals surface area contributed by atoms with Crippen LogP contribution in [0.3, 0.4) is 0 Å². The summed E-state index contributed by atoms with van der Waals surface area (Å²) in [6.07, 6.45) is 4.05. The summed E-state index contributed by atoms with van der Waals surface area (Å²) in [6.45, 7) is 3.66. The summed E-state index contributed by atoms with van der Waals surface area (Å²) in [6, 6.07) is 2.90. The van der Waals surface area contributed by atoms with Crippen molar-refractivity contribution in [1.82, 2.24) is 10.3 Å². The molecule has 102 valence electrons. The first-order valence-electron chi connectivity index (χ1n) is 6.51. The van der Waals surface area contributed by atoms with Crippen molar-refractivity contribution in [3.05, 3.63) is 29.1 Å². The average Bonchev–Trinajstić information content (AvgIpc) is 2.33. The number of aryl methyl sites for hydroxylation is 1. The topological polar surface area (TPSA) is 79.3 Å². The minimum atomic E-state index is -1.03. The summed E-state index contributed by atoms with van der Waals surface area (Å²) in [5, 5.41) is 11.9. The van der Waals surface area contributed by atoms with E-state index >= 15 is 0 Å². The predicted octanol–water partition coefficient (Wildman–Crippen LogP) is 2.15. The summed E-state index contributed by atoms with van der Waals surface area (Å²) in [5.41, 5.74) is 0.685. The number of carbonyl (C=O) groups excluding carboxylic acids is 1. The van der Waals surface area contributed by atoms with E-state index < -0.39 is 5.97 Å². The number of carboxylic acids is 1. The molecule has 1 aliphatic rings. The quantitative estimate of drug-likeness (QED) is 0.871. The molecule has 0 unspecified atom stereocenters. The van der Waals surface area contributed by atoms with Crippen LogP contribution < -0.4 is 5.32 Å². The second-order valence-corrected chi connectivity index (χ2v) is 5.08. The molecule has 0 bridgehead atoms. The van der Waals surface area contributed by atoms with E-state index in [0.29, 0.717) is 5.69 Å². The maximum Gasteiger partial charge on any atom is 0.337 e. The van der Waals surface area contributed by atoms with Crippen molar-refractivity contribution in [3.8, 4) is 0 Å². The van der Waals surface area contributed by atoms with E-state index in [-0.39, 0.29) is 22.7 Å². The van der Waals surface area contributed by atoms with Crippen LogP contribution in [0.25, 0.3) is 0 Å². The number of hydrogen-bond donors (Lipinski definition) is 2. The number of hydrogen-bond acceptors (Lipinski definition) is 3. The second-order valence-electron chi connectivity index (χ2n) is 5.08. The Labute approximate surface area is 112 Å². The molecule has 1 aromatic rings. The van der Waals surface area contributed by atoms with Crippen LogP contribution in [0.15, 0.2) is 12.1 Å². The lowest BCUT2D eigenvalue weighted by Crippen LogP contribution is -2.53. The summed E-state index contributed by atoms with van der Waals surface area (Å²) < 4.78 is 0. The Hall–Kier alpha value is -1.91. The molecule has 0 radical (unpaired) electrons. The summed E-state index contributed by atoms with van der Waals surface area (Å²) in [7, 11) is 0. The monoisotopic (exact) mass is 262 g/mol. The number of pyridine rings is 1. The first-order chi connectivity index (χ1) is 8.97. The molecule has 0 spiro atoms. The van der Waals surface area contributed by atoms with Crippen LogP contribution in [0.5, 0.6) is 0 Å². The summed E-state index contributed by atoms with van der Waals surface area (Å²) in [4.78, 5) is 27.1. The van der Waals surface area contributed by atoms with Gasteiger partial charge in [-0.2, -0.15) is 0 Å². The van der Waals surface area contributed by atoms with Crippen LogP contribution >= 0.6 is 0 Å². The fraction of sp³-hybridized carbons (Fsp3) is 0.500. The van der Waals surface area contributed by atoms with Crippen LogP contribution in [0.4, 0.5) is 0 Å². The minimum Gasteiger partial charge on any atom is -0.478 e.